The first kappa shape index (κ1) is 16.0. The summed E-state index contributed by atoms with van der Waals surface area (Å²) in [7, 11) is 0. The molecule has 1 fully saturated rings. The molecule has 1 rings (SSSR count). The SMILES string of the molecule is CCCNC(C(CC)CC)C1CC(C)CC(C)C1. The Morgan fingerprint density at radius 2 is 1.50 bits per heavy atom. The van der Waals surface area contributed by atoms with Crippen LogP contribution in [0.4, 0.5) is 0 Å². The molecule has 3 atom stereocenters. The van der Waals surface area contributed by atoms with E-state index in [-0.39, 0.29) is 0 Å². The third-order valence-electron chi connectivity index (χ3n) is 4.91. The van der Waals surface area contributed by atoms with Crippen molar-refractivity contribution < 1.29 is 0 Å². The maximum Gasteiger partial charge on any atom is 0.0124 e. The minimum absolute atomic E-state index is 0.769. The van der Waals surface area contributed by atoms with Gasteiger partial charge in [0.2, 0.25) is 0 Å². The van der Waals surface area contributed by atoms with Gasteiger partial charge in [-0.3, -0.25) is 0 Å². The normalized spacial score (nSPS) is 30.7. The summed E-state index contributed by atoms with van der Waals surface area (Å²) in [5.74, 6) is 3.65. The predicted octanol–water partition coefficient (Wildman–Crippen LogP) is 4.86. The molecular weight excluding hydrogens is 218 g/mol. The Bertz CT molecular complexity index is 200. The third kappa shape index (κ3) is 4.57. The lowest BCUT2D eigenvalue weighted by Gasteiger charge is -2.40. The lowest BCUT2D eigenvalue weighted by atomic mass is 9.70. The van der Waals surface area contributed by atoms with Crippen molar-refractivity contribution in [3.63, 3.8) is 0 Å². The molecule has 0 amide bonds. The summed E-state index contributed by atoms with van der Waals surface area (Å²) < 4.78 is 0. The smallest absolute Gasteiger partial charge is 0.0124 e. The van der Waals surface area contributed by atoms with Crippen LogP contribution in [-0.2, 0) is 0 Å². The molecule has 1 heteroatoms. The molecule has 0 bridgehead atoms. The molecule has 0 aromatic rings. The van der Waals surface area contributed by atoms with E-state index in [0.29, 0.717) is 0 Å². The second kappa shape index (κ2) is 8.19. The molecule has 1 nitrogen and oxygen atoms in total. The first-order valence-electron chi connectivity index (χ1n) is 8.35. The van der Waals surface area contributed by atoms with Gasteiger partial charge in [-0.05, 0) is 55.9 Å². The number of nitrogens with one attached hydrogen (secondary N) is 1. The zero-order chi connectivity index (χ0) is 13.5. The zero-order valence-electron chi connectivity index (χ0n) is 13.3. The molecule has 0 aliphatic heterocycles. The van der Waals surface area contributed by atoms with Gasteiger partial charge in [0.25, 0.3) is 0 Å². The van der Waals surface area contributed by atoms with E-state index in [0.717, 1.165) is 29.7 Å². The van der Waals surface area contributed by atoms with Gasteiger partial charge in [0.15, 0.2) is 0 Å². The number of hydrogen-bond donors (Lipinski definition) is 1. The van der Waals surface area contributed by atoms with Crippen LogP contribution in [0, 0.1) is 23.7 Å². The van der Waals surface area contributed by atoms with Crippen LogP contribution in [0.15, 0.2) is 0 Å². The Kier molecular flexibility index (Phi) is 7.29. The van der Waals surface area contributed by atoms with Crippen LogP contribution in [0.1, 0.15) is 73.1 Å². The molecular formula is C17H35N. The molecule has 0 heterocycles. The predicted molar refractivity (Wildman–Crippen MR) is 81.8 cm³/mol. The number of rotatable bonds is 7. The van der Waals surface area contributed by atoms with Gasteiger partial charge < -0.3 is 5.32 Å². The fraction of sp³-hybridized carbons (Fsp3) is 1.00. The van der Waals surface area contributed by atoms with E-state index in [1.165, 1.54) is 45.1 Å². The maximum absolute atomic E-state index is 3.88. The topological polar surface area (TPSA) is 12.0 Å². The first-order chi connectivity index (χ1) is 8.62. The quantitative estimate of drug-likeness (QED) is 0.683. The second-order valence-electron chi connectivity index (χ2n) is 6.73. The Morgan fingerprint density at radius 3 is 1.94 bits per heavy atom. The summed E-state index contributed by atoms with van der Waals surface area (Å²) in [5.41, 5.74) is 0. The van der Waals surface area contributed by atoms with Gasteiger partial charge in [-0.1, -0.05) is 47.5 Å². The van der Waals surface area contributed by atoms with Crippen LogP contribution >= 0.6 is 0 Å². The highest BCUT2D eigenvalue weighted by molar-refractivity contribution is 4.87. The van der Waals surface area contributed by atoms with E-state index in [2.05, 4.69) is 39.9 Å². The van der Waals surface area contributed by atoms with E-state index in [9.17, 15) is 0 Å². The molecule has 0 radical (unpaired) electrons. The largest absolute Gasteiger partial charge is 0.313 e. The van der Waals surface area contributed by atoms with E-state index in [4.69, 9.17) is 0 Å². The average molecular weight is 253 g/mol. The van der Waals surface area contributed by atoms with Crippen molar-refractivity contribution in [1.29, 1.82) is 0 Å². The van der Waals surface area contributed by atoms with Crippen LogP contribution in [-0.4, -0.2) is 12.6 Å². The molecule has 1 N–H and O–H groups in total. The van der Waals surface area contributed by atoms with Crippen molar-refractivity contribution in [2.45, 2.75) is 79.2 Å². The minimum atomic E-state index is 0.769. The van der Waals surface area contributed by atoms with E-state index in [1.54, 1.807) is 0 Å². The standard InChI is InChI=1S/C17H35N/c1-6-9-18-17(15(7-2)8-3)16-11-13(4)10-14(5)12-16/h13-18H,6-12H2,1-5H3. The highest BCUT2D eigenvalue weighted by Gasteiger charge is 2.32. The van der Waals surface area contributed by atoms with Gasteiger partial charge in [-0.25, -0.2) is 0 Å². The fourth-order valence-corrected chi connectivity index (χ4v) is 4.13. The number of hydrogen-bond acceptors (Lipinski definition) is 1. The van der Waals surface area contributed by atoms with Crippen LogP contribution < -0.4 is 5.32 Å². The molecule has 3 unspecified atom stereocenters. The van der Waals surface area contributed by atoms with Gasteiger partial charge in [-0.2, -0.15) is 0 Å². The van der Waals surface area contributed by atoms with Crippen LogP contribution in [0.2, 0.25) is 0 Å². The summed E-state index contributed by atoms with van der Waals surface area (Å²) in [6.45, 7) is 13.1. The highest BCUT2D eigenvalue weighted by Crippen LogP contribution is 2.37. The van der Waals surface area contributed by atoms with Crippen molar-refractivity contribution >= 4 is 0 Å². The van der Waals surface area contributed by atoms with Crippen molar-refractivity contribution in [3.05, 3.63) is 0 Å². The van der Waals surface area contributed by atoms with Crippen molar-refractivity contribution in [3.8, 4) is 0 Å². The summed E-state index contributed by atoms with van der Waals surface area (Å²) in [6.07, 6.45) is 8.26. The lowest BCUT2D eigenvalue weighted by Crippen LogP contribution is -2.45. The molecule has 1 aliphatic rings. The lowest BCUT2D eigenvalue weighted by molar-refractivity contribution is 0.139. The van der Waals surface area contributed by atoms with Gasteiger partial charge in [0, 0.05) is 6.04 Å². The van der Waals surface area contributed by atoms with Crippen LogP contribution in [0.25, 0.3) is 0 Å². The molecule has 0 spiro atoms. The molecule has 0 aromatic heterocycles. The highest BCUT2D eigenvalue weighted by atomic mass is 14.9. The molecule has 18 heavy (non-hydrogen) atoms. The maximum atomic E-state index is 3.88. The summed E-state index contributed by atoms with van der Waals surface area (Å²) in [5, 5.41) is 3.88. The molecule has 0 aromatic carbocycles. The van der Waals surface area contributed by atoms with Crippen molar-refractivity contribution in [2.24, 2.45) is 23.7 Å². The van der Waals surface area contributed by atoms with Crippen LogP contribution in [0.5, 0.6) is 0 Å². The van der Waals surface area contributed by atoms with Crippen molar-refractivity contribution in [1.82, 2.24) is 5.32 Å². The molecule has 108 valence electrons. The fourth-order valence-electron chi connectivity index (χ4n) is 4.13. The summed E-state index contributed by atoms with van der Waals surface area (Å²) >= 11 is 0. The molecule has 1 aliphatic carbocycles. The van der Waals surface area contributed by atoms with Crippen molar-refractivity contribution in [2.75, 3.05) is 6.54 Å². The van der Waals surface area contributed by atoms with Gasteiger partial charge >= 0.3 is 0 Å². The second-order valence-corrected chi connectivity index (χ2v) is 6.73. The van der Waals surface area contributed by atoms with Crippen LogP contribution in [0.3, 0.4) is 0 Å². The zero-order valence-corrected chi connectivity index (χ0v) is 13.3. The Balaban J connectivity index is 2.67. The Morgan fingerprint density at radius 1 is 0.944 bits per heavy atom. The monoisotopic (exact) mass is 253 g/mol. The molecule has 0 saturated heterocycles. The van der Waals surface area contributed by atoms with Gasteiger partial charge in [-0.15, -0.1) is 0 Å². The van der Waals surface area contributed by atoms with E-state index in [1.807, 2.05) is 0 Å². The molecule has 1 saturated carbocycles. The van der Waals surface area contributed by atoms with E-state index < -0.39 is 0 Å². The summed E-state index contributed by atoms with van der Waals surface area (Å²) in [6, 6.07) is 0.769. The minimum Gasteiger partial charge on any atom is -0.313 e. The third-order valence-corrected chi connectivity index (χ3v) is 4.91. The van der Waals surface area contributed by atoms with E-state index >= 15 is 0 Å². The first-order valence-corrected chi connectivity index (χ1v) is 8.35. The summed E-state index contributed by atoms with van der Waals surface area (Å²) in [4.78, 5) is 0. The Hall–Kier alpha value is -0.0400. The Labute approximate surface area is 115 Å². The van der Waals surface area contributed by atoms with Gasteiger partial charge in [0.05, 0.1) is 0 Å². The average Bonchev–Trinajstić information content (AvgIpc) is 2.33. The van der Waals surface area contributed by atoms with Gasteiger partial charge in [0.1, 0.15) is 0 Å².